The summed E-state index contributed by atoms with van der Waals surface area (Å²) in [5, 5.41) is 4.10. The zero-order valence-electron chi connectivity index (χ0n) is 12.6. The normalized spacial score (nSPS) is 18.0. The Morgan fingerprint density at radius 1 is 1.57 bits per heavy atom. The second-order valence-electron chi connectivity index (χ2n) is 5.27. The van der Waals surface area contributed by atoms with E-state index in [4.69, 9.17) is 19.9 Å². The van der Waals surface area contributed by atoms with Crippen molar-refractivity contribution in [2.24, 2.45) is 5.92 Å². The Hall–Kier alpha value is -1.47. The number of nitrogens with two attached hydrogens (primary N) is 1. The molecule has 1 aliphatic rings. The quantitative estimate of drug-likeness (QED) is 0.784. The van der Waals surface area contributed by atoms with Crippen LogP contribution in [0.4, 0.5) is 10.7 Å². The molecule has 0 spiro atoms. The van der Waals surface area contributed by atoms with Gasteiger partial charge in [-0.1, -0.05) is 0 Å². The number of carbonyl (C=O) groups excluding carboxylic acids is 1. The molecule has 1 aromatic rings. The van der Waals surface area contributed by atoms with Gasteiger partial charge in [0.2, 0.25) is 0 Å². The molecule has 0 aromatic carbocycles. The molecule has 0 saturated carbocycles. The van der Waals surface area contributed by atoms with Crippen LogP contribution in [0.25, 0.3) is 0 Å². The van der Waals surface area contributed by atoms with Gasteiger partial charge in [-0.15, -0.1) is 11.3 Å². The van der Waals surface area contributed by atoms with Crippen molar-refractivity contribution in [2.45, 2.75) is 26.4 Å². The Bertz CT molecular complexity index is 495. The molecule has 21 heavy (non-hydrogen) atoms. The van der Waals surface area contributed by atoms with Gasteiger partial charge in [0.25, 0.3) is 0 Å². The third kappa shape index (κ3) is 3.79. The van der Waals surface area contributed by atoms with Crippen LogP contribution in [0.1, 0.15) is 29.9 Å². The smallest absolute Gasteiger partial charge is 0.350 e. The van der Waals surface area contributed by atoms with E-state index in [1.807, 2.05) is 13.8 Å². The van der Waals surface area contributed by atoms with Gasteiger partial charge >= 0.3 is 5.97 Å². The highest BCUT2D eigenvalue weighted by Gasteiger charge is 2.24. The van der Waals surface area contributed by atoms with E-state index in [1.54, 1.807) is 0 Å². The molecule has 7 heteroatoms. The van der Waals surface area contributed by atoms with E-state index in [-0.39, 0.29) is 6.10 Å². The summed E-state index contributed by atoms with van der Waals surface area (Å²) < 4.78 is 15.9. The molecular formula is C14H22N2O4S. The van der Waals surface area contributed by atoms with E-state index in [9.17, 15) is 4.79 Å². The Morgan fingerprint density at radius 2 is 2.33 bits per heavy atom. The van der Waals surface area contributed by atoms with Gasteiger partial charge in [-0.2, -0.15) is 0 Å². The number of anilines is 2. The van der Waals surface area contributed by atoms with Gasteiger partial charge in [0, 0.05) is 19.1 Å². The van der Waals surface area contributed by atoms with Crippen LogP contribution in [0.5, 0.6) is 5.75 Å². The van der Waals surface area contributed by atoms with Gasteiger partial charge in [-0.3, -0.25) is 0 Å². The van der Waals surface area contributed by atoms with Gasteiger partial charge < -0.3 is 25.3 Å². The first kappa shape index (κ1) is 15.9. The first-order chi connectivity index (χ1) is 10.0. The van der Waals surface area contributed by atoms with Crippen molar-refractivity contribution in [2.75, 3.05) is 37.9 Å². The minimum Gasteiger partial charge on any atom is -0.486 e. The summed E-state index contributed by atoms with van der Waals surface area (Å²) in [6.07, 6.45) is 1.01. The maximum atomic E-state index is 11.8. The average molecular weight is 314 g/mol. The molecule has 0 bridgehead atoms. The van der Waals surface area contributed by atoms with Gasteiger partial charge in [0.1, 0.15) is 15.6 Å². The van der Waals surface area contributed by atoms with Gasteiger partial charge in [-0.05, 0) is 20.3 Å². The van der Waals surface area contributed by atoms with Gasteiger partial charge in [0.05, 0.1) is 19.8 Å². The molecule has 118 valence electrons. The lowest BCUT2D eigenvalue weighted by Gasteiger charge is -2.14. The van der Waals surface area contributed by atoms with Crippen LogP contribution in [0.2, 0.25) is 0 Å². The number of carbonyl (C=O) groups is 1. The monoisotopic (exact) mass is 314 g/mol. The summed E-state index contributed by atoms with van der Waals surface area (Å²) in [4.78, 5) is 12.1. The number of ether oxygens (including phenoxy) is 3. The van der Waals surface area contributed by atoms with Crippen molar-refractivity contribution in [1.82, 2.24) is 0 Å². The molecule has 2 heterocycles. The second kappa shape index (κ2) is 7.00. The average Bonchev–Trinajstić information content (AvgIpc) is 3.06. The first-order valence-corrected chi connectivity index (χ1v) is 7.83. The lowest BCUT2D eigenvalue weighted by molar-refractivity contribution is 0.0607. The van der Waals surface area contributed by atoms with Crippen LogP contribution in [0.3, 0.4) is 0 Å². The summed E-state index contributed by atoms with van der Waals surface area (Å²) in [6, 6.07) is 0. The van der Waals surface area contributed by atoms with Crippen molar-refractivity contribution in [3.05, 3.63) is 4.88 Å². The fourth-order valence-corrected chi connectivity index (χ4v) is 3.10. The van der Waals surface area contributed by atoms with Crippen molar-refractivity contribution < 1.29 is 19.0 Å². The van der Waals surface area contributed by atoms with Gasteiger partial charge in [0.15, 0.2) is 5.75 Å². The molecular weight excluding hydrogens is 292 g/mol. The van der Waals surface area contributed by atoms with E-state index in [2.05, 4.69) is 5.32 Å². The standard InChI is InChI=1S/C14H22N2O4S/c1-8(2)20-11-10(15)12(14(17)18-3)21-13(11)16-6-9-4-5-19-7-9/h8-9,16H,4-7,15H2,1-3H3. The summed E-state index contributed by atoms with van der Waals surface area (Å²) >= 11 is 1.27. The van der Waals surface area contributed by atoms with E-state index in [0.717, 1.165) is 31.2 Å². The van der Waals surface area contributed by atoms with Crippen LogP contribution < -0.4 is 15.8 Å². The number of thiophene rings is 1. The highest BCUT2D eigenvalue weighted by atomic mass is 32.1. The minimum atomic E-state index is -0.441. The minimum absolute atomic E-state index is 0.0252. The van der Waals surface area contributed by atoms with Crippen LogP contribution in [0, 0.1) is 5.92 Å². The predicted octanol–water partition coefficient (Wildman–Crippen LogP) is 2.35. The molecule has 1 unspecified atom stereocenters. The van der Waals surface area contributed by atoms with E-state index >= 15 is 0 Å². The summed E-state index contributed by atoms with van der Waals surface area (Å²) in [5.74, 6) is 0.569. The van der Waals surface area contributed by atoms with E-state index in [0.29, 0.717) is 22.2 Å². The molecule has 1 fully saturated rings. The summed E-state index contributed by atoms with van der Waals surface area (Å²) in [7, 11) is 1.34. The van der Waals surface area contributed by atoms with Crippen LogP contribution in [-0.2, 0) is 9.47 Å². The molecule has 1 saturated heterocycles. The largest absolute Gasteiger partial charge is 0.486 e. The number of hydrogen-bond donors (Lipinski definition) is 2. The zero-order valence-corrected chi connectivity index (χ0v) is 13.4. The van der Waals surface area contributed by atoms with Crippen molar-refractivity contribution >= 4 is 28.0 Å². The Balaban J connectivity index is 2.17. The number of hydrogen-bond acceptors (Lipinski definition) is 7. The molecule has 6 nitrogen and oxygen atoms in total. The molecule has 0 radical (unpaired) electrons. The van der Waals surface area contributed by atoms with Crippen LogP contribution in [-0.4, -0.2) is 38.9 Å². The Morgan fingerprint density at radius 3 is 2.90 bits per heavy atom. The van der Waals surface area contributed by atoms with E-state index in [1.165, 1.54) is 18.4 Å². The van der Waals surface area contributed by atoms with Crippen LogP contribution in [0.15, 0.2) is 0 Å². The highest BCUT2D eigenvalue weighted by molar-refractivity contribution is 7.19. The molecule has 3 N–H and O–H groups in total. The number of methoxy groups -OCH3 is 1. The lowest BCUT2D eigenvalue weighted by atomic mass is 10.1. The van der Waals surface area contributed by atoms with Crippen molar-refractivity contribution in [3.8, 4) is 5.75 Å². The summed E-state index contributed by atoms with van der Waals surface area (Å²) in [6.45, 7) is 6.18. The lowest BCUT2D eigenvalue weighted by Crippen LogP contribution is -2.15. The molecule has 1 aliphatic heterocycles. The SMILES string of the molecule is COC(=O)c1sc(NCC2CCOC2)c(OC(C)C)c1N. The molecule has 0 aliphatic carbocycles. The number of esters is 1. The third-order valence-corrected chi connectivity index (χ3v) is 4.32. The molecule has 1 atom stereocenters. The fourth-order valence-electron chi connectivity index (χ4n) is 2.12. The topological polar surface area (TPSA) is 82.8 Å². The maximum Gasteiger partial charge on any atom is 0.350 e. The maximum absolute atomic E-state index is 11.8. The van der Waals surface area contributed by atoms with Crippen LogP contribution >= 0.6 is 11.3 Å². The molecule has 2 rings (SSSR count). The summed E-state index contributed by atoms with van der Waals surface area (Å²) in [5.41, 5.74) is 6.37. The molecule has 1 aromatic heterocycles. The zero-order chi connectivity index (χ0) is 15.4. The number of nitrogens with one attached hydrogen (secondary N) is 1. The van der Waals surface area contributed by atoms with E-state index < -0.39 is 5.97 Å². The third-order valence-electron chi connectivity index (χ3n) is 3.20. The van der Waals surface area contributed by atoms with Crippen molar-refractivity contribution in [3.63, 3.8) is 0 Å². The Labute approximate surface area is 128 Å². The predicted molar refractivity (Wildman–Crippen MR) is 83.3 cm³/mol. The molecule has 0 amide bonds. The van der Waals surface area contributed by atoms with Gasteiger partial charge in [-0.25, -0.2) is 4.79 Å². The second-order valence-corrected chi connectivity index (χ2v) is 6.29. The number of rotatable bonds is 6. The first-order valence-electron chi connectivity index (χ1n) is 7.01. The fraction of sp³-hybridized carbons (Fsp3) is 0.643. The van der Waals surface area contributed by atoms with Crippen molar-refractivity contribution in [1.29, 1.82) is 0 Å². The number of nitrogen functional groups attached to an aromatic ring is 1. The highest BCUT2D eigenvalue weighted by Crippen LogP contribution is 2.43. The Kier molecular flexibility index (Phi) is 5.30.